The molecule has 3 rings (SSSR count). The lowest BCUT2D eigenvalue weighted by Gasteiger charge is -2.32. The number of hydrogen-bond acceptors (Lipinski definition) is 4. The molecule has 1 aliphatic carbocycles. The van der Waals surface area contributed by atoms with Crippen LogP contribution >= 0.6 is 0 Å². The lowest BCUT2D eigenvalue weighted by Crippen LogP contribution is -2.45. The SMILES string of the molecule is O=C(c1ccc(=O)oc1)N1CCC(NCC2CC2)CC1. The molecular formula is C15H20N2O3. The molecule has 5 heteroatoms. The maximum absolute atomic E-state index is 12.2. The summed E-state index contributed by atoms with van der Waals surface area (Å²) in [7, 11) is 0. The minimum absolute atomic E-state index is 0.0469. The Morgan fingerprint density at radius 1 is 1.25 bits per heavy atom. The molecule has 1 saturated heterocycles. The van der Waals surface area contributed by atoms with Gasteiger partial charge in [0.1, 0.15) is 6.26 Å². The molecule has 0 aromatic carbocycles. The van der Waals surface area contributed by atoms with Crippen LogP contribution in [-0.2, 0) is 0 Å². The highest BCUT2D eigenvalue weighted by Crippen LogP contribution is 2.28. The van der Waals surface area contributed by atoms with Crippen LogP contribution in [0.1, 0.15) is 36.0 Å². The van der Waals surface area contributed by atoms with Crippen LogP contribution in [0.25, 0.3) is 0 Å². The van der Waals surface area contributed by atoms with Gasteiger partial charge in [0.15, 0.2) is 0 Å². The lowest BCUT2D eigenvalue weighted by molar-refractivity contribution is 0.0702. The normalized spacial score (nSPS) is 20.1. The summed E-state index contributed by atoms with van der Waals surface area (Å²) in [5.41, 5.74) is 0.0264. The standard InChI is InChI=1S/C15H20N2O3/c18-14-4-3-12(10-20-14)15(19)17-7-5-13(6-8-17)16-9-11-1-2-11/h3-4,10-11,13,16H,1-2,5-9H2. The number of rotatable bonds is 4. The fourth-order valence-electron chi connectivity index (χ4n) is 2.60. The number of likely N-dealkylation sites (tertiary alicyclic amines) is 1. The van der Waals surface area contributed by atoms with Crippen molar-refractivity contribution in [1.29, 1.82) is 0 Å². The molecule has 5 nitrogen and oxygen atoms in total. The average molecular weight is 276 g/mol. The van der Waals surface area contributed by atoms with E-state index in [0.29, 0.717) is 11.6 Å². The Hall–Kier alpha value is -1.62. The zero-order valence-corrected chi connectivity index (χ0v) is 11.5. The summed E-state index contributed by atoms with van der Waals surface area (Å²) in [5, 5.41) is 3.59. The predicted octanol–water partition coefficient (Wildman–Crippen LogP) is 1.24. The molecule has 0 spiro atoms. The van der Waals surface area contributed by atoms with Crippen molar-refractivity contribution in [3.8, 4) is 0 Å². The average Bonchev–Trinajstić information content (AvgIpc) is 3.30. The van der Waals surface area contributed by atoms with E-state index in [1.165, 1.54) is 31.2 Å². The zero-order chi connectivity index (χ0) is 13.9. The van der Waals surface area contributed by atoms with E-state index in [1.807, 2.05) is 4.90 Å². The summed E-state index contributed by atoms with van der Waals surface area (Å²) in [6.07, 6.45) is 5.97. The first-order valence-corrected chi connectivity index (χ1v) is 7.34. The molecule has 0 atom stereocenters. The monoisotopic (exact) mass is 276 g/mol. The first-order valence-electron chi connectivity index (χ1n) is 7.34. The Labute approximate surface area is 118 Å². The number of carbonyl (C=O) groups excluding carboxylic acids is 1. The largest absolute Gasteiger partial charge is 0.430 e. The molecule has 1 saturated carbocycles. The minimum atomic E-state index is -0.426. The van der Waals surface area contributed by atoms with Crippen molar-refractivity contribution < 1.29 is 9.21 Å². The van der Waals surface area contributed by atoms with Crippen LogP contribution in [-0.4, -0.2) is 36.5 Å². The number of piperidine rings is 1. The summed E-state index contributed by atoms with van der Waals surface area (Å²) in [6.45, 7) is 2.66. The zero-order valence-electron chi connectivity index (χ0n) is 11.5. The van der Waals surface area contributed by atoms with Crippen molar-refractivity contribution in [2.75, 3.05) is 19.6 Å². The lowest BCUT2D eigenvalue weighted by atomic mass is 10.0. The first-order chi connectivity index (χ1) is 9.72. The van der Waals surface area contributed by atoms with Crippen LogP contribution in [0.5, 0.6) is 0 Å². The van der Waals surface area contributed by atoms with Gasteiger partial charge in [0, 0.05) is 25.2 Å². The number of carbonyl (C=O) groups is 1. The Kier molecular flexibility index (Phi) is 3.87. The van der Waals surface area contributed by atoms with Gasteiger partial charge in [0.05, 0.1) is 5.56 Å². The first kappa shape index (κ1) is 13.4. The molecule has 0 bridgehead atoms. The maximum Gasteiger partial charge on any atom is 0.335 e. The van der Waals surface area contributed by atoms with Gasteiger partial charge in [0.25, 0.3) is 5.91 Å². The van der Waals surface area contributed by atoms with Gasteiger partial charge in [-0.15, -0.1) is 0 Å². The smallest absolute Gasteiger partial charge is 0.335 e. The molecule has 1 N–H and O–H groups in total. The summed E-state index contributed by atoms with van der Waals surface area (Å²) in [6, 6.07) is 3.36. The van der Waals surface area contributed by atoms with Gasteiger partial charge >= 0.3 is 5.63 Å². The third-order valence-electron chi connectivity index (χ3n) is 4.12. The van der Waals surface area contributed by atoms with E-state index in [-0.39, 0.29) is 5.91 Å². The second-order valence-corrected chi connectivity index (χ2v) is 5.76. The topological polar surface area (TPSA) is 62.6 Å². The van der Waals surface area contributed by atoms with E-state index in [2.05, 4.69) is 5.32 Å². The van der Waals surface area contributed by atoms with E-state index in [9.17, 15) is 9.59 Å². The van der Waals surface area contributed by atoms with Crippen LogP contribution < -0.4 is 10.9 Å². The second kappa shape index (κ2) is 5.79. The van der Waals surface area contributed by atoms with Crippen LogP contribution in [0.2, 0.25) is 0 Å². The van der Waals surface area contributed by atoms with Gasteiger partial charge in [-0.05, 0) is 44.2 Å². The van der Waals surface area contributed by atoms with E-state index < -0.39 is 5.63 Å². The van der Waals surface area contributed by atoms with Crippen molar-refractivity contribution in [2.24, 2.45) is 5.92 Å². The highest BCUT2D eigenvalue weighted by atomic mass is 16.4. The molecule has 0 unspecified atom stereocenters. The molecule has 1 aliphatic heterocycles. The van der Waals surface area contributed by atoms with Gasteiger partial charge < -0.3 is 14.6 Å². The highest BCUT2D eigenvalue weighted by molar-refractivity contribution is 5.93. The molecule has 0 radical (unpaired) electrons. The number of amides is 1. The van der Waals surface area contributed by atoms with Gasteiger partial charge in [-0.2, -0.15) is 0 Å². The molecule has 20 heavy (non-hydrogen) atoms. The predicted molar refractivity (Wildman–Crippen MR) is 74.6 cm³/mol. The fraction of sp³-hybridized carbons (Fsp3) is 0.600. The second-order valence-electron chi connectivity index (χ2n) is 5.76. The number of nitrogens with one attached hydrogen (secondary N) is 1. The molecule has 1 aromatic heterocycles. The van der Waals surface area contributed by atoms with Gasteiger partial charge in [0.2, 0.25) is 0 Å². The molecular weight excluding hydrogens is 256 g/mol. The highest BCUT2D eigenvalue weighted by Gasteiger charge is 2.26. The van der Waals surface area contributed by atoms with Crippen molar-refractivity contribution in [3.63, 3.8) is 0 Å². The molecule has 2 aliphatic rings. The van der Waals surface area contributed by atoms with E-state index >= 15 is 0 Å². The number of hydrogen-bond donors (Lipinski definition) is 1. The Morgan fingerprint density at radius 3 is 2.60 bits per heavy atom. The van der Waals surface area contributed by atoms with Crippen LogP contribution in [0, 0.1) is 5.92 Å². The Bertz CT molecular complexity index is 508. The van der Waals surface area contributed by atoms with E-state index in [4.69, 9.17) is 4.42 Å². The van der Waals surface area contributed by atoms with Crippen molar-refractivity contribution in [3.05, 3.63) is 34.4 Å². The van der Waals surface area contributed by atoms with Crippen LogP contribution in [0.4, 0.5) is 0 Å². The summed E-state index contributed by atoms with van der Waals surface area (Å²) in [5.74, 6) is 0.844. The third-order valence-corrected chi connectivity index (χ3v) is 4.12. The summed E-state index contributed by atoms with van der Waals surface area (Å²) in [4.78, 5) is 25.0. The summed E-state index contributed by atoms with van der Waals surface area (Å²) >= 11 is 0. The fourth-order valence-corrected chi connectivity index (χ4v) is 2.60. The molecule has 1 aromatic rings. The minimum Gasteiger partial charge on any atom is -0.430 e. The van der Waals surface area contributed by atoms with Gasteiger partial charge in [-0.25, -0.2) is 4.79 Å². The third kappa shape index (κ3) is 3.28. The molecule has 108 valence electrons. The van der Waals surface area contributed by atoms with Crippen molar-refractivity contribution in [1.82, 2.24) is 10.2 Å². The van der Waals surface area contributed by atoms with Gasteiger partial charge in [-0.1, -0.05) is 0 Å². The maximum atomic E-state index is 12.2. The van der Waals surface area contributed by atoms with E-state index in [0.717, 1.165) is 38.4 Å². The Balaban J connectivity index is 1.50. The van der Waals surface area contributed by atoms with Crippen LogP contribution in [0.15, 0.2) is 27.6 Å². The van der Waals surface area contributed by atoms with E-state index in [1.54, 1.807) is 0 Å². The molecule has 1 amide bonds. The summed E-state index contributed by atoms with van der Waals surface area (Å²) < 4.78 is 4.75. The number of nitrogens with zero attached hydrogens (tertiary/aromatic N) is 1. The quantitative estimate of drug-likeness (QED) is 0.899. The van der Waals surface area contributed by atoms with Crippen molar-refractivity contribution in [2.45, 2.75) is 31.7 Å². The Morgan fingerprint density at radius 2 is 2.00 bits per heavy atom. The molecule has 2 fully saturated rings. The van der Waals surface area contributed by atoms with Crippen LogP contribution in [0.3, 0.4) is 0 Å². The van der Waals surface area contributed by atoms with Gasteiger partial charge in [-0.3, -0.25) is 4.79 Å². The molecule has 2 heterocycles. The van der Waals surface area contributed by atoms with Crippen molar-refractivity contribution >= 4 is 5.91 Å².